The van der Waals surface area contributed by atoms with Crippen LogP contribution in [0.3, 0.4) is 0 Å². The Bertz CT molecular complexity index is 94.4. The maximum atomic E-state index is 8.25. The Morgan fingerprint density at radius 2 is 2.00 bits per heavy atom. The van der Waals surface area contributed by atoms with E-state index in [0.29, 0.717) is 0 Å². The summed E-state index contributed by atoms with van der Waals surface area (Å²) in [4.78, 5) is 0. The molecule has 1 saturated heterocycles. The second-order valence-electron chi connectivity index (χ2n) is 2.93. The van der Waals surface area contributed by atoms with Gasteiger partial charge in [0, 0.05) is 6.61 Å². The van der Waals surface area contributed by atoms with Crippen LogP contribution < -0.4 is 0 Å². The predicted octanol–water partition coefficient (Wildman–Crippen LogP) is 1.62. The van der Waals surface area contributed by atoms with E-state index < -0.39 is 8.80 Å². The third-order valence-corrected chi connectivity index (χ3v) is 3.49. The van der Waals surface area contributed by atoms with Crippen molar-refractivity contribution in [3.8, 4) is 0 Å². The van der Waals surface area contributed by atoms with Gasteiger partial charge in [0.15, 0.2) is 0 Å². The van der Waals surface area contributed by atoms with Crippen molar-refractivity contribution in [2.45, 2.75) is 32.4 Å². The van der Waals surface area contributed by atoms with Gasteiger partial charge in [-0.15, -0.1) is 0 Å². The van der Waals surface area contributed by atoms with Crippen molar-refractivity contribution >= 4 is 8.80 Å². The second-order valence-corrected chi connectivity index (χ2v) is 5.88. The standard InChI is InChI=1S/C7H15OSi.O.Ti/c1-9(2)7-5-3-4-6-8-7;;/h9H,3-6H2,1-2H3;;/q-1;;+1. The van der Waals surface area contributed by atoms with Crippen molar-refractivity contribution in [3.05, 3.63) is 5.73 Å². The van der Waals surface area contributed by atoms with Crippen molar-refractivity contribution in [3.63, 3.8) is 0 Å². The average Bonchev–Trinajstić information content (AvgIpc) is 2.10. The van der Waals surface area contributed by atoms with Crippen molar-refractivity contribution in [2.24, 2.45) is 0 Å². The molecule has 0 spiro atoms. The van der Waals surface area contributed by atoms with Gasteiger partial charge in [-0.3, -0.25) is 0 Å². The number of ether oxygens (including phenoxy) is 1. The summed E-state index contributed by atoms with van der Waals surface area (Å²) < 4.78 is 13.8. The van der Waals surface area contributed by atoms with Gasteiger partial charge in [-0.05, 0) is 6.42 Å². The number of hydrogen-bond acceptors (Lipinski definition) is 2. The first-order valence-corrected chi connectivity index (χ1v) is 7.52. The first-order chi connectivity index (χ1) is 5.30. The van der Waals surface area contributed by atoms with Crippen molar-refractivity contribution in [1.29, 1.82) is 0 Å². The molecule has 2 nitrogen and oxygen atoms in total. The minimum atomic E-state index is -0.557. The molecule has 0 radical (unpaired) electrons. The Morgan fingerprint density at radius 3 is 2.27 bits per heavy atom. The summed E-state index contributed by atoms with van der Waals surface area (Å²) in [6.07, 6.45) is 3.88. The molecular weight excluding hydrogens is 192 g/mol. The van der Waals surface area contributed by atoms with Crippen LogP contribution in [0.5, 0.6) is 0 Å². The topological polar surface area (TPSA) is 26.3 Å². The minimum absolute atomic E-state index is 0.557. The van der Waals surface area contributed by atoms with Crippen LogP contribution >= 0.6 is 0 Å². The molecule has 0 aromatic carbocycles. The van der Waals surface area contributed by atoms with Crippen LogP contribution in [0.25, 0.3) is 0 Å². The van der Waals surface area contributed by atoms with Gasteiger partial charge in [0.2, 0.25) is 0 Å². The summed E-state index contributed by atoms with van der Waals surface area (Å²) >= 11 is 0.750. The summed E-state index contributed by atoms with van der Waals surface area (Å²) in [5, 5.41) is 0. The Morgan fingerprint density at radius 1 is 1.36 bits per heavy atom. The second kappa shape index (κ2) is 7.35. The molecule has 0 aromatic heterocycles. The zero-order chi connectivity index (χ0) is 8.69. The summed E-state index contributed by atoms with van der Waals surface area (Å²) in [5.74, 6) is 0. The molecule has 0 aromatic rings. The van der Waals surface area contributed by atoms with Gasteiger partial charge in [0.25, 0.3) is 0 Å². The van der Waals surface area contributed by atoms with Gasteiger partial charge in [0.1, 0.15) is 0 Å². The van der Waals surface area contributed by atoms with Gasteiger partial charge in [-0.25, -0.2) is 0 Å². The van der Waals surface area contributed by atoms with Crippen LogP contribution in [-0.2, 0) is 28.5 Å². The molecule has 4 heteroatoms. The Kier molecular flexibility index (Phi) is 7.81. The molecule has 0 N–H and O–H groups in total. The van der Waals surface area contributed by atoms with E-state index in [1.54, 1.807) is 0 Å². The summed E-state index contributed by atoms with van der Waals surface area (Å²) in [5.41, 5.74) is 1.45. The van der Waals surface area contributed by atoms with E-state index >= 15 is 0 Å². The van der Waals surface area contributed by atoms with E-state index in [1.165, 1.54) is 25.0 Å². The summed E-state index contributed by atoms with van der Waals surface area (Å²) in [6.45, 7) is 5.65. The van der Waals surface area contributed by atoms with Gasteiger partial charge < -0.3 is 4.74 Å². The van der Waals surface area contributed by atoms with Gasteiger partial charge in [0.05, 0.1) is 0 Å². The summed E-state index contributed by atoms with van der Waals surface area (Å²) in [7, 11) is -0.557. The van der Waals surface area contributed by atoms with Crippen LogP contribution in [-0.4, -0.2) is 15.4 Å². The molecule has 0 unspecified atom stereocenters. The summed E-state index contributed by atoms with van der Waals surface area (Å²) in [6, 6.07) is 0. The molecule has 0 amide bonds. The first-order valence-electron chi connectivity index (χ1n) is 3.99. The molecule has 63 valence electrons. The molecule has 0 atom stereocenters. The van der Waals surface area contributed by atoms with E-state index in [4.69, 9.17) is 8.06 Å². The molecule has 1 rings (SSSR count). The third kappa shape index (κ3) is 5.01. The molecule has 1 aliphatic rings. The average molecular weight is 207 g/mol. The van der Waals surface area contributed by atoms with Crippen molar-refractivity contribution in [2.75, 3.05) is 6.61 Å². The van der Waals surface area contributed by atoms with Crippen LogP contribution in [0, 0.1) is 5.73 Å². The maximum absolute atomic E-state index is 8.25. The molecule has 0 aliphatic carbocycles. The molecule has 1 fully saturated rings. The van der Waals surface area contributed by atoms with Gasteiger partial charge in [-0.2, -0.15) is 12.1 Å². The van der Waals surface area contributed by atoms with Gasteiger partial charge in [-0.1, -0.05) is 28.3 Å². The van der Waals surface area contributed by atoms with Crippen LogP contribution in [0.1, 0.15) is 19.3 Å². The fourth-order valence-electron chi connectivity index (χ4n) is 1.13. The normalized spacial score (nSPS) is 19.4. The number of rotatable bonds is 1. The fraction of sp³-hybridized carbons (Fsp3) is 0.857. The Labute approximate surface area is 82.0 Å². The Balaban J connectivity index is 0.000000461. The van der Waals surface area contributed by atoms with E-state index in [-0.39, 0.29) is 0 Å². The van der Waals surface area contributed by atoms with E-state index in [9.17, 15) is 0 Å². The molecule has 1 aliphatic heterocycles. The first kappa shape index (κ1) is 11.7. The molecule has 0 bridgehead atoms. The van der Waals surface area contributed by atoms with Crippen LogP contribution in [0.2, 0.25) is 13.1 Å². The zero-order valence-electron chi connectivity index (χ0n) is 7.22. The van der Waals surface area contributed by atoms with Crippen LogP contribution in [0.15, 0.2) is 0 Å². The molecule has 1 heterocycles. The molecular formula is C7H15O2SiTi. The van der Waals surface area contributed by atoms with Crippen molar-refractivity contribution in [1.82, 2.24) is 0 Å². The Hall–Kier alpha value is 0.691. The fourth-order valence-corrected chi connectivity index (χ4v) is 2.36. The molecule has 0 saturated carbocycles. The van der Waals surface area contributed by atoms with Crippen LogP contribution in [0.4, 0.5) is 0 Å². The zero-order valence-corrected chi connectivity index (χ0v) is 9.94. The van der Waals surface area contributed by atoms with Crippen molar-refractivity contribution < 1.29 is 28.5 Å². The van der Waals surface area contributed by atoms with Gasteiger partial charge >= 0.3 is 23.7 Å². The van der Waals surface area contributed by atoms with E-state index in [1.807, 2.05) is 0 Å². The number of hydrogen-bond donors (Lipinski definition) is 0. The van der Waals surface area contributed by atoms with E-state index in [0.717, 1.165) is 27.0 Å². The SMILES string of the molecule is C[SiH](C)[C-]1CCCCO1.[O]=[Ti+]. The molecule has 11 heavy (non-hydrogen) atoms. The third-order valence-electron chi connectivity index (χ3n) is 1.75. The quantitative estimate of drug-likeness (QED) is 0.482. The predicted molar refractivity (Wildman–Crippen MR) is 42.6 cm³/mol. The monoisotopic (exact) mass is 207 g/mol. The van der Waals surface area contributed by atoms with E-state index in [2.05, 4.69) is 13.1 Å².